The van der Waals surface area contributed by atoms with E-state index in [1.54, 1.807) is 6.20 Å². The van der Waals surface area contributed by atoms with Crippen LogP contribution in [0.2, 0.25) is 0 Å². The minimum absolute atomic E-state index is 0. The SMILES string of the molecule is CCCc1ncc(C(=O)N2CCCCC2C(C)N)s1.Cl.Cl. The summed E-state index contributed by atoms with van der Waals surface area (Å²) < 4.78 is 0. The molecule has 2 unspecified atom stereocenters. The van der Waals surface area contributed by atoms with Gasteiger partial charge >= 0.3 is 0 Å². The predicted octanol–water partition coefficient (Wildman–Crippen LogP) is 3.28. The zero-order chi connectivity index (χ0) is 13.8. The molecule has 21 heavy (non-hydrogen) atoms. The van der Waals surface area contributed by atoms with Crippen molar-refractivity contribution in [2.45, 2.75) is 58.0 Å². The van der Waals surface area contributed by atoms with Crippen molar-refractivity contribution >= 4 is 42.1 Å². The highest BCUT2D eigenvalue weighted by Crippen LogP contribution is 2.24. The fraction of sp³-hybridized carbons (Fsp3) is 0.714. The summed E-state index contributed by atoms with van der Waals surface area (Å²) in [6, 6.07) is 0.213. The Morgan fingerprint density at radius 2 is 2.24 bits per heavy atom. The number of hydrogen-bond donors (Lipinski definition) is 1. The van der Waals surface area contributed by atoms with Crippen LogP contribution in [0, 0.1) is 0 Å². The van der Waals surface area contributed by atoms with Crippen molar-refractivity contribution in [3.63, 3.8) is 0 Å². The number of thiazole rings is 1. The maximum Gasteiger partial charge on any atom is 0.265 e. The van der Waals surface area contributed by atoms with Crippen LogP contribution < -0.4 is 5.73 Å². The van der Waals surface area contributed by atoms with Gasteiger partial charge in [0.2, 0.25) is 0 Å². The summed E-state index contributed by atoms with van der Waals surface area (Å²) in [6.45, 7) is 4.94. The lowest BCUT2D eigenvalue weighted by atomic mass is 9.97. The second kappa shape index (κ2) is 9.62. The number of carbonyl (C=O) groups is 1. The van der Waals surface area contributed by atoms with Gasteiger partial charge in [-0.05, 0) is 39.0 Å². The Balaban J connectivity index is 0.00000200. The fourth-order valence-electron chi connectivity index (χ4n) is 2.64. The van der Waals surface area contributed by atoms with Gasteiger partial charge in [0.1, 0.15) is 4.88 Å². The van der Waals surface area contributed by atoms with E-state index in [0.29, 0.717) is 0 Å². The fourth-order valence-corrected chi connectivity index (χ4v) is 3.61. The number of rotatable bonds is 4. The maximum atomic E-state index is 12.6. The number of likely N-dealkylation sites (tertiary alicyclic amines) is 1. The lowest BCUT2D eigenvalue weighted by Gasteiger charge is -2.37. The first-order chi connectivity index (χ1) is 9.13. The molecule has 2 N–H and O–H groups in total. The molecule has 7 heteroatoms. The van der Waals surface area contributed by atoms with Gasteiger partial charge in [-0.2, -0.15) is 0 Å². The van der Waals surface area contributed by atoms with Crippen LogP contribution in [0.25, 0.3) is 0 Å². The second-order valence-corrected chi connectivity index (χ2v) is 6.40. The molecule has 2 heterocycles. The molecule has 122 valence electrons. The molecule has 1 aromatic rings. The van der Waals surface area contributed by atoms with Crippen molar-refractivity contribution in [1.82, 2.24) is 9.88 Å². The first-order valence-electron chi connectivity index (χ1n) is 7.14. The van der Waals surface area contributed by atoms with Crippen LogP contribution in [0.15, 0.2) is 6.20 Å². The third-order valence-corrected chi connectivity index (χ3v) is 4.69. The summed E-state index contributed by atoms with van der Waals surface area (Å²) in [5, 5.41) is 1.06. The van der Waals surface area contributed by atoms with E-state index in [-0.39, 0.29) is 42.8 Å². The van der Waals surface area contributed by atoms with Crippen LogP contribution in [-0.2, 0) is 6.42 Å². The van der Waals surface area contributed by atoms with Crippen molar-refractivity contribution in [2.24, 2.45) is 5.73 Å². The molecular weight excluding hydrogens is 329 g/mol. The number of hydrogen-bond acceptors (Lipinski definition) is 4. The molecule has 2 atom stereocenters. The van der Waals surface area contributed by atoms with Crippen LogP contribution in [0.1, 0.15) is 54.2 Å². The predicted molar refractivity (Wildman–Crippen MR) is 92.9 cm³/mol. The average Bonchev–Trinajstić information content (AvgIpc) is 2.87. The Bertz CT molecular complexity index is 440. The highest BCUT2D eigenvalue weighted by molar-refractivity contribution is 7.13. The van der Waals surface area contributed by atoms with Gasteiger partial charge in [0.25, 0.3) is 5.91 Å². The molecule has 2 rings (SSSR count). The van der Waals surface area contributed by atoms with Crippen LogP contribution in [0.4, 0.5) is 0 Å². The minimum atomic E-state index is 0. The zero-order valence-electron chi connectivity index (χ0n) is 12.6. The Kier molecular flexibility index (Phi) is 9.45. The van der Waals surface area contributed by atoms with Gasteiger partial charge in [0.15, 0.2) is 0 Å². The van der Waals surface area contributed by atoms with Crippen LogP contribution >= 0.6 is 36.2 Å². The summed E-state index contributed by atoms with van der Waals surface area (Å²) in [5.74, 6) is 0.113. The summed E-state index contributed by atoms with van der Waals surface area (Å²) in [5.41, 5.74) is 6.02. The largest absolute Gasteiger partial charge is 0.333 e. The van der Waals surface area contributed by atoms with Crippen molar-refractivity contribution in [3.05, 3.63) is 16.1 Å². The van der Waals surface area contributed by atoms with E-state index in [4.69, 9.17) is 5.73 Å². The van der Waals surface area contributed by atoms with E-state index in [1.165, 1.54) is 17.8 Å². The van der Waals surface area contributed by atoms with Gasteiger partial charge < -0.3 is 10.6 Å². The standard InChI is InChI=1S/C14H23N3OS.2ClH/c1-3-6-13-16-9-12(19-13)14(18)17-8-5-4-7-11(17)10(2)15;;/h9-11H,3-8,15H2,1-2H3;2*1H. The van der Waals surface area contributed by atoms with Crippen LogP contribution in [0.5, 0.6) is 0 Å². The number of aryl methyl sites for hydroxylation is 1. The highest BCUT2D eigenvalue weighted by Gasteiger charge is 2.30. The summed E-state index contributed by atoms with van der Waals surface area (Å²) in [4.78, 5) is 19.6. The lowest BCUT2D eigenvalue weighted by molar-refractivity contribution is 0.0588. The smallest absolute Gasteiger partial charge is 0.265 e. The van der Waals surface area contributed by atoms with Crippen LogP contribution in [-0.4, -0.2) is 34.4 Å². The maximum absolute atomic E-state index is 12.6. The third-order valence-electron chi connectivity index (χ3n) is 3.65. The number of nitrogens with zero attached hydrogens (tertiary/aromatic N) is 2. The zero-order valence-corrected chi connectivity index (χ0v) is 15.0. The van der Waals surface area contributed by atoms with Gasteiger partial charge in [-0.25, -0.2) is 4.98 Å². The van der Waals surface area contributed by atoms with Crippen molar-refractivity contribution in [1.29, 1.82) is 0 Å². The molecule has 0 bridgehead atoms. The Morgan fingerprint density at radius 3 is 2.86 bits per heavy atom. The number of piperidine rings is 1. The molecule has 0 spiro atoms. The Morgan fingerprint density at radius 1 is 1.52 bits per heavy atom. The average molecular weight is 354 g/mol. The van der Waals surface area contributed by atoms with Crippen molar-refractivity contribution in [2.75, 3.05) is 6.54 Å². The van der Waals surface area contributed by atoms with E-state index in [0.717, 1.165) is 42.1 Å². The number of amides is 1. The molecule has 1 saturated heterocycles. The first kappa shape index (κ1) is 20.6. The molecule has 1 aromatic heterocycles. The second-order valence-electron chi connectivity index (χ2n) is 5.29. The molecule has 1 aliphatic heterocycles. The topological polar surface area (TPSA) is 59.2 Å². The van der Waals surface area contributed by atoms with Crippen LogP contribution in [0.3, 0.4) is 0 Å². The molecule has 0 radical (unpaired) electrons. The molecule has 1 amide bonds. The summed E-state index contributed by atoms with van der Waals surface area (Å²) in [6.07, 6.45) is 7.01. The van der Waals surface area contributed by atoms with E-state index in [9.17, 15) is 4.79 Å². The van der Waals surface area contributed by atoms with Gasteiger partial charge in [-0.3, -0.25) is 4.79 Å². The normalized spacial score (nSPS) is 19.4. The Labute approximate surface area is 143 Å². The lowest BCUT2D eigenvalue weighted by Crippen LogP contribution is -2.51. The van der Waals surface area contributed by atoms with Gasteiger partial charge in [0, 0.05) is 18.6 Å². The number of carbonyl (C=O) groups excluding carboxylic acids is 1. The first-order valence-corrected chi connectivity index (χ1v) is 7.96. The van der Waals surface area contributed by atoms with E-state index in [1.807, 2.05) is 11.8 Å². The molecule has 0 aromatic carbocycles. The molecule has 0 aliphatic carbocycles. The monoisotopic (exact) mass is 353 g/mol. The van der Waals surface area contributed by atoms with Gasteiger partial charge in [-0.1, -0.05) is 6.92 Å². The van der Waals surface area contributed by atoms with E-state index in [2.05, 4.69) is 11.9 Å². The number of halogens is 2. The third kappa shape index (κ3) is 5.09. The number of aromatic nitrogens is 1. The molecule has 0 saturated carbocycles. The number of nitrogens with two attached hydrogens (primary N) is 1. The molecule has 1 aliphatic rings. The Hall–Kier alpha value is -0.360. The molecular formula is C14H25Cl2N3OS. The highest BCUT2D eigenvalue weighted by atomic mass is 35.5. The summed E-state index contributed by atoms with van der Waals surface area (Å²) >= 11 is 1.53. The molecule has 4 nitrogen and oxygen atoms in total. The molecule has 1 fully saturated rings. The van der Waals surface area contributed by atoms with E-state index >= 15 is 0 Å². The summed E-state index contributed by atoms with van der Waals surface area (Å²) in [7, 11) is 0. The van der Waals surface area contributed by atoms with Crippen molar-refractivity contribution in [3.8, 4) is 0 Å². The van der Waals surface area contributed by atoms with Gasteiger partial charge in [0.05, 0.1) is 11.2 Å². The minimum Gasteiger partial charge on any atom is -0.333 e. The van der Waals surface area contributed by atoms with Gasteiger partial charge in [-0.15, -0.1) is 36.2 Å². The quantitative estimate of drug-likeness (QED) is 0.903. The van der Waals surface area contributed by atoms with E-state index < -0.39 is 0 Å². The van der Waals surface area contributed by atoms with Crippen molar-refractivity contribution < 1.29 is 4.79 Å².